The van der Waals surface area contributed by atoms with E-state index in [1.807, 2.05) is 37.3 Å². The lowest BCUT2D eigenvalue weighted by Crippen LogP contribution is -2.32. The number of rotatable bonds is 7. The summed E-state index contributed by atoms with van der Waals surface area (Å²) in [5.74, 6) is 2.08. The van der Waals surface area contributed by atoms with Crippen LogP contribution >= 0.6 is 0 Å². The number of benzene rings is 2. The van der Waals surface area contributed by atoms with Gasteiger partial charge in [0.05, 0.1) is 12.6 Å². The maximum atomic E-state index is 13.1. The minimum Gasteiger partial charge on any atom is -0.394 e. The van der Waals surface area contributed by atoms with Crippen molar-refractivity contribution < 1.29 is 9.90 Å². The first kappa shape index (κ1) is 24.0. The fraction of sp³-hybridized carbons (Fsp3) is 0.552. The summed E-state index contributed by atoms with van der Waals surface area (Å²) in [7, 11) is 0. The molecule has 2 N–H and O–H groups in total. The smallest absolute Gasteiger partial charge is 0.251 e. The summed E-state index contributed by atoms with van der Waals surface area (Å²) in [6.45, 7) is 11.0. The van der Waals surface area contributed by atoms with Gasteiger partial charge in [0.1, 0.15) is 0 Å². The van der Waals surface area contributed by atoms with Crippen molar-refractivity contribution in [3.63, 3.8) is 0 Å². The summed E-state index contributed by atoms with van der Waals surface area (Å²) in [6.07, 6.45) is 5.40. The van der Waals surface area contributed by atoms with Gasteiger partial charge >= 0.3 is 0 Å². The van der Waals surface area contributed by atoms with Crippen LogP contribution in [-0.2, 0) is 6.54 Å². The van der Waals surface area contributed by atoms with Crippen molar-refractivity contribution in [1.29, 1.82) is 0 Å². The molecule has 0 unspecified atom stereocenters. The van der Waals surface area contributed by atoms with Crippen molar-refractivity contribution in [2.75, 3.05) is 13.2 Å². The first-order valence-corrected chi connectivity index (χ1v) is 12.7. The molecule has 1 saturated carbocycles. The number of fused-ring (bicyclic) bond motifs is 1. The topological polar surface area (TPSA) is 52.6 Å². The Morgan fingerprint density at radius 2 is 1.79 bits per heavy atom. The number of carbonyl (C=O) groups excluding carboxylic acids is 1. The molecule has 178 valence electrons. The molecule has 0 saturated heterocycles. The number of aliphatic hydroxyl groups excluding tert-OH is 1. The molecular formula is C29H40N2O2. The van der Waals surface area contributed by atoms with Crippen LogP contribution in [0.3, 0.4) is 0 Å². The molecule has 33 heavy (non-hydrogen) atoms. The van der Waals surface area contributed by atoms with Crippen molar-refractivity contribution >= 4 is 5.91 Å². The van der Waals surface area contributed by atoms with Gasteiger partial charge in [-0.3, -0.25) is 9.69 Å². The van der Waals surface area contributed by atoms with E-state index in [2.05, 4.69) is 43.1 Å². The van der Waals surface area contributed by atoms with Gasteiger partial charge < -0.3 is 10.4 Å². The molecule has 0 aromatic heterocycles. The third-order valence-electron chi connectivity index (χ3n) is 7.72. The summed E-state index contributed by atoms with van der Waals surface area (Å²) >= 11 is 0. The number of amides is 1. The molecule has 1 amide bonds. The van der Waals surface area contributed by atoms with Crippen molar-refractivity contribution in [2.24, 2.45) is 17.8 Å². The summed E-state index contributed by atoms with van der Waals surface area (Å²) in [4.78, 5) is 15.7. The van der Waals surface area contributed by atoms with Crippen LogP contribution in [0.4, 0.5) is 0 Å². The lowest BCUT2D eigenvalue weighted by Gasteiger charge is -2.34. The second-order valence-corrected chi connectivity index (χ2v) is 10.8. The van der Waals surface area contributed by atoms with E-state index in [9.17, 15) is 9.90 Å². The van der Waals surface area contributed by atoms with Gasteiger partial charge in [-0.25, -0.2) is 0 Å². The van der Waals surface area contributed by atoms with Crippen LogP contribution in [0.2, 0.25) is 0 Å². The number of aliphatic hydroxyl groups is 1. The molecule has 2 atom stereocenters. The molecule has 4 heteroatoms. The van der Waals surface area contributed by atoms with Crippen LogP contribution in [0.25, 0.3) is 0 Å². The summed E-state index contributed by atoms with van der Waals surface area (Å²) in [5.41, 5.74) is 5.41. The Labute approximate surface area is 199 Å². The molecule has 0 bridgehead atoms. The van der Waals surface area contributed by atoms with Gasteiger partial charge in [-0.15, -0.1) is 0 Å². The molecule has 0 spiro atoms. The average Bonchev–Trinajstić information content (AvgIpc) is 3.16. The highest BCUT2D eigenvalue weighted by atomic mass is 16.3. The number of carbonyl (C=O) groups is 1. The third kappa shape index (κ3) is 5.50. The van der Waals surface area contributed by atoms with Crippen molar-refractivity contribution in [2.45, 2.75) is 72.0 Å². The van der Waals surface area contributed by atoms with Gasteiger partial charge in [0.15, 0.2) is 0 Å². The van der Waals surface area contributed by atoms with E-state index in [0.717, 1.165) is 36.1 Å². The fourth-order valence-electron chi connectivity index (χ4n) is 5.76. The molecule has 1 fully saturated rings. The predicted molar refractivity (Wildman–Crippen MR) is 134 cm³/mol. The molecule has 2 aromatic carbocycles. The van der Waals surface area contributed by atoms with Gasteiger partial charge in [-0.05, 0) is 66.3 Å². The lowest BCUT2D eigenvalue weighted by molar-refractivity contribution is 0.0916. The first-order chi connectivity index (χ1) is 15.9. The summed E-state index contributed by atoms with van der Waals surface area (Å²) < 4.78 is 0. The van der Waals surface area contributed by atoms with Gasteiger partial charge in [0.25, 0.3) is 5.91 Å². The first-order valence-electron chi connectivity index (χ1n) is 12.7. The summed E-state index contributed by atoms with van der Waals surface area (Å²) in [6, 6.07) is 14.2. The molecule has 2 aliphatic rings. The van der Waals surface area contributed by atoms with Gasteiger partial charge in [-0.2, -0.15) is 0 Å². The zero-order valence-electron chi connectivity index (χ0n) is 20.7. The van der Waals surface area contributed by atoms with E-state index in [0.29, 0.717) is 17.5 Å². The van der Waals surface area contributed by atoms with Gasteiger partial charge in [0.2, 0.25) is 0 Å². The maximum absolute atomic E-state index is 13.1. The Morgan fingerprint density at radius 1 is 1.09 bits per heavy atom. The van der Waals surface area contributed by atoms with Crippen LogP contribution in [0.1, 0.15) is 91.1 Å². The Morgan fingerprint density at radius 3 is 2.42 bits per heavy atom. The number of hydrogen-bond acceptors (Lipinski definition) is 3. The van der Waals surface area contributed by atoms with Crippen LogP contribution in [0.5, 0.6) is 0 Å². The third-order valence-corrected chi connectivity index (χ3v) is 7.72. The Kier molecular flexibility index (Phi) is 7.55. The van der Waals surface area contributed by atoms with Crippen LogP contribution in [0.15, 0.2) is 42.5 Å². The quantitative estimate of drug-likeness (QED) is 0.563. The van der Waals surface area contributed by atoms with Crippen molar-refractivity contribution in [3.8, 4) is 0 Å². The molecule has 0 radical (unpaired) electrons. The van der Waals surface area contributed by atoms with E-state index in [-0.39, 0.29) is 12.5 Å². The van der Waals surface area contributed by atoms with Crippen molar-refractivity contribution in [3.05, 3.63) is 70.3 Å². The van der Waals surface area contributed by atoms with E-state index in [1.165, 1.54) is 36.8 Å². The number of nitrogens with one attached hydrogen (secondary N) is 1. The monoisotopic (exact) mass is 448 g/mol. The largest absolute Gasteiger partial charge is 0.394 e. The molecule has 1 aliphatic carbocycles. The SMILES string of the molecule is Cc1ccc([C@@H](CO)NC(=O)c2ccc3c(c2)CN(C[C@H]2CC[C@H](C)CC2)[C@@H]3C(C)C)cc1. The van der Waals surface area contributed by atoms with Gasteiger partial charge in [0, 0.05) is 24.7 Å². The summed E-state index contributed by atoms with van der Waals surface area (Å²) in [5, 5.41) is 12.9. The zero-order valence-corrected chi connectivity index (χ0v) is 20.7. The highest BCUT2D eigenvalue weighted by Gasteiger charge is 2.34. The minimum atomic E-state index is -0.403. The Hall–Kier alpha value is -2.17. The number of aryl methyl sites for hydroxylation is 1. The normalized spacial score (nSPS) is 24.0. The Balaban J connectivity index is 1.47. The number of nitrogens with zero attached hydrogens (tertiary/aromatic N) is 1. The second-order valence-electron chi connectivity index (χ2n) is 10.8. The molecular weight excluding hydrogens is 408 g/mol. The number of hydrogen-bond donors (Lipinski definition) is 2. The van der Waals surface area contributed by atoms with E-state index < -0.39 is 6.04 Å². The van der Waals surface area contributed by atoms with E-state index >= 15 is 0 Å². The van der Waals surface area contributed by atoms with E-state index in [4.69, 9.17) is 0 Å². The molecule has 1 heterocycles. The predicted octanol–water partition coefficient (Wildman–Crippen LogP) is 5.80. The van der Waals surface area contributed by atoms with Crippen molar-refractivity contribution in [1.82, 2.24) is 10.2 Å². The second kappa shape index (κ2) is 10.4. The lowest BCUT2D eigenvalue weighted by atomic mass is 9.82. The molecule has 4 rings (SSSR count). The standard InChI is InChI=1S/C29H40N2O2/c1-19(2)28-26-14-13-24(29(33)30-27(18-32)23-11-7-21(4)8-12-23)15-25(26)17-31(28)16-22-9-5-20(3)6-10-22/h7-8,11-15,19-20,22,27-28,32H,5-6,9-10,16-18H2,1-4H3,(H,30,33)/t20-,22-,27-,28-/m1/s1. The zero-order chi connectivity index (χ0) is 23.5. The fourth-order valence-corrected chi connectivity index (χ4v) is 5.76. The van der Waals surface area contributed by atoms with E-state index in [1.54, 1.807) is 0 Å². The minimum absolute atomic E-state index is 0.122. The molecule has 4 nitrogen and oxygen atoms in total. The molecule has 2 aromatic rings. The van der Waals surface area contributed by atoms with Crippen LogP contribution in [0, 0.1) is 24.7 Å². The van der Waals surface area contributed by atoms with Crippen LogP contribution in [-0.4, -0.2) is 29.1 Å². The molecule has 1 aliphatic heterocycles. The maximum Gasteiger partial charge on any atom is 0.251 e. The Bertz CT molecular complexity index is 945. The highest BCUT2D eigenvalue weighted by molar-refractivity contribution is 5.94. The average molecular weight is 449 g/mol. The van der Waals surface area contributed by atoms with Gasteiger partial charge in [-0.1, -0.05) is 69.5 Å². The van der Waals surface area contributed by atoms with Crippen LogP contribution < -0.4 is 5.32 Å². The highest BCUT2D eigenvalue weighted by Crippen LogP contribution is 2.41.